The zero-order valence-electron chi connectivity index (χ0n) is 6.23. The highest BCUT2D eigenvalue weighted by Crippen LogP contribution is 2.36. The summed E-state index contributed by atoms with van der Waals surface area (Å²) in [6.07, 6.45) is 1.09. The molecule has 2 nitrogen and oxygen atoms in total. The molecule has 1 aliphatic rings. The molecule has 1 rings (SSSR count). The van der Waals surface area contributed by atoms with Gasteiger partial charge in [-0.3, -0.25) is 4.79 Å². The zero-order valence-corrected chi connectivity index (χ0v) is 6.23. The number of rotatable bonds is 0. The van der Waals surface area contributed by atoms with E-state index in [-0.39, 0.29) is 11.2 Å². The van der Waals surface area contributed by atoms with Crippen LogP contribution < -0.4 is 0 Å². The van der Waals surface area contributed by atoms with Crippen molar-refractivity contribution >= 4 is 11.7 Å². The molecule has 0 N–H and O–H groups in total. The molecule has 0 unspecified atom stereocenters. The smallest absolute Gasteiger partial charge is 0.170 e. The van der Waals surface area contributed by atoms with Crippen molar-refractivity contribution in [1.29, 1.82) is 0 Å². The molecule has 0 bridgehead atoms. The first kappa shape index (κ1) is 7.23. The van der Waals surface area contributed by atoms with Crippen molar-refractivity contribution in [2.24, 2.45) is 5.41 Å². The van der Waals surface area contributed by atoms with Crippen LogP contribution in [-0.4, -0.2) is 11.7 Å². The molecule has 0 aromatic rings. The maximum Gasteiger partial charge on any atom is 0.170 e. The average molecular weight is 138 g/mol. The van der Waals surface area contributed by atoms with Crippen molar-refractivity contribution in [3.63, 3.8) is 0 Å². The van der Waals surface area contributed by atoms with E-state index in [1.54, 1.807) is 5.94 Å². The second-order valence-electron chi connectivity index (χ2n) is 3.52. The fourth-order valence-corrected chi connectivity index (χ4v) is 1.27. The largest absolute Gasteiger partial charge is 0.294 e. The van der Waals surface area contributed by atoms with Crippen molar-refractivity contribution in [1.82, 2.24) is 0 Å². The van der Waals surface area contributed by atoms with Crippen molar-refractivity contribution in [2.45, 2.75) is 26.7 Å². The monoisotopic (exact) mass is 138 g/mol. The summed E-state index contributed by atoms with van der Waals surface area (Å²) in [5.74, 6) is 1.66. The summed E-state index contributed by atoms with van der Waals surface area (Å²) in [5, 5.41) is 0. The lowest BCUT2D eigenvalue weighted by Crippen LogP contribution is -2.04. The van der Waals surface area contributed by atoms with E-state index in [4.69, 9.17) is 0 Å². The summed E-state index contributed by atoms with van der Waals surface area (Å²) in [5.41, 5.74) is 0.328. The lowest BCUT2D eigenvalue weighted by Gasteiger charge is -2.11. The van der Waals surface area contributed by atoms with Crippen LogP contribution >= 0.6 is 0 Å². The molecule has 1 aliphatic carbocycles. The first-order chi connectivity index (χ1) is 4.55. The molecule has 10 heavy (non-hydrogen) atoms. The molecule has 54 valence electrons. The summed E-state index contributed by atoms with van der Waals surface area (Å²) < 4.78 is 0. The normalized spacial score (nSPS) is 23.0. The van der Waals surface area contributed by atoms with Gasteiger partial charge < -0.3 is 0 Å². The van der Waals surface area contributed by atoms with Crippen LogP contribution in [0.3, 0.4) is 0 Å². The van der Waals surface area contributed by atoms with Gasteiger partial charge in [0, 0.05) is 6.42 Å². The molecule has 1 fully saturated rings. The Kier molecular flexibility index (Phi) is 1.49. The van der Waals surface area contributed by atoms with Crippen LogP contribution in [0.25, 0.3) is 0 Å². The zero-order chi connectivity index (χ0) is 7.78. The highest BCUT2D eigenvalue weighted by Gasteiger charge is 2.34. The minimum absolute atomic E-state index is 0.0101. The van der Waals surface area contributed by atoms with E-state index in [2.05, 4.69) is 0 Å². The third-order valence-electron chi connectivity index (χ3n) is 1.75. The van der Waals surface area contributed by atoms with Crippen molar-refractivity contribution in [2.75, 3.05) is 0 Å². The Morgan fingerprint density at radius 3 is 2.20 bits per heavy atom. The Morgan fingerprint density at radius 2 is 2.00 bits per heavy atom. The van der Waals surface area contributed by atoms with Crippen molar-refractivity contribution < 1.29 is 9.59 Å². The van der Waals surface area contributed by atoms with E-state index >= 15 is 0 Å². The van der Waals surface area contributed by atoms with Crippen LogP contribution in [0.15, 0.2) is 5.57 Å². The second-order valence-corrected chi connectivity index (χ2v) is 3.52. The van der Waals surface area contributed by atoms with E-state index < -0.39 is 0 Å². The first-order valence-corrected chi connectivity index (χ1v) is 3.32. The molecule has 0 atom stereocenters. The SMILES string of the molecule is CC1(C)CC(=O)C(=C=O)C1. The molecule has 0 aromatic carbocycles. The van der Waals surface area contributed by atoms with Crippen LogP contribution in [-0.2, 0) is 9.59 Å². The van der Waals surface area contributed by atoms with Crippen LogP contribution in [0.5, 0.6) is 0 Å². The minimum atomic E-state index is -0.0278. The molecule has 0 aliphatic heterocycles. The van der Waals surface area contributed by atoms with Crippen LogP contribution in [0.4, 0.5) is 0 Å². The molecular weight excluding hydrogens is 128 g/mol. The highest BCUT2D eigenvalue weighted by atomic mass is 16.1. The third kappa shape index (κ3) is 1.17. The van der Waals surface area contributed by atoms with Gasteiger partial charge in [-0.05, 0) is 11.8 Å². The number of hydrogen-bond donors (Lipinski definition) is 0. The maximum atomic E-state index is 10.9. The number of hydrogen-bond acceptors (Lipinski definition) is 2. The first-order valence-electron chi connectivity index (χ1n) is 3.32. The Hall–Kier alpha value is -0.880. The summed E-state index contributed by atoms with van der Waals surface area (Å²) in [6.45, 7) is 3.96. The third-order valence-corrected chi connectivity index (χ3v) is 1.75. The molecule has 0 amide bonds. The summed E-state index contributed by atoms with van der Waals surface area (Å²) in [7, 11) is 0. The minimum Gasteiger partial charge on any atom is -0.294 e. The van der Waals surface area contributed by atoms with Crippen LogP contribution in [0, 0.1) is 5.41 Å². The summed E-state index contributed by atoms with van der Waals surface area (Å²) >= 11 is 0. The summed E-state index contributed by atoms with van der Waals surface area (Å²) in [4.78, 5) is 21.0. The highest BCUT2D eigenvalue weighted by molar-refractivity contribution is 6.04. The average Bonchev–Trinajstić information content (AvgIpc) is 2.05. The quantitative estimate of drug-likeness (QED) is 0.371. The van der Waals surface area contributed by atoms with Gasteiger partial charge in [0.05, 0.1) is 5.57 Å². The standard InChI is InChI=1S/C8H10O2/c1-8(2)3-6(5-9)7(10)4-8/h3-4H2,1-2H3. The summed E-state index contributed by atoms with van der Waals surface area (Å²) in [6, 6.07) is 0. The van der Waals surface area contributed by atoms with Gasteiger partial charge in [-0.15, -0.1) is 0 Å². The molecular formula is C8H10O2. The second kappa shape index (κ2) is 2.06. The molecule has 0 saturated heterocycles. The van der Waals surface area contributed by atoms with Gasteiger partial charge >= 0.3 is 0 Å². The molecule has 2 heteroatoms. The number of carbonyl (C=O) groups is 1. The maximum absolute atomic E-state index is 10.9. The van der Waals surface area contributed by atoms with Crippen LogP contribution in [0.1, 0.15) is 26.7 Å². The van der Waals surface area contributed by atoms with Crippen LogP contribution in [0.2, 0.25) is 0 Å². The Labute approximate surface area is 59.9 Å². The fraction of sp³-hybridized carbons (Fsp3) is 0.625. The molecule has 0 spiro atoms. The molecule has 0 heterocycles. The van der Waals surface area contributed by atoms with E-state index in [9.17, 15) is 9.59 Å². The van der Waals surface area contributed by atoms with Gasteiger partial charge in [-0.2, -0.15) is 0 Å². The van der Waals surface area contributed by atoms with Gasteiger partial charge in [0.25, 0.3) is 0 Å². The number of carbonyl (C=O) groups excluding carboxylic acids is 2. The topological polar surface area (TPSA) is 34.1 Å². The lowest BCUT2D eigenvalue weighted by molar-refractivity contribution is -0.115. The molecule has 0 radical (unpaired) electrons. The van der Waals surface area contributed by atoms with Gasteiger partial charge in [0.15, 0.2) is 5.78 Å². The Balaban J connectivity index is 2.91. The van der Waals surface area contributed by atoms with E-state index in [1.165, 1.54) is 0 Å². The van der Waals surface area contributed by atoms with Gasteiger partial charge in [-0.1, -0.05) is 13.8 Å². The van der Waals surface area contributed by atoms with E-state index in [0.717, 1.165) is 0 Å². The molecule has 1 saturated carbocycles. The Bertz CT molecular complexity index is 219. The Morgan fingerprint density at radius 1 is 1.40 bits per heavy atom. The lowest BCUT2D eigenvalue weighted by atomic mass is 9.92. The number of allylic oxidation sites excluding steroid dienone is 1. The number of ketones is 1. The predicted octanol–water partition coefficient (Wildman–Crippen LogP) is 1.13. The van der Waals surface area contributed by atoms with E-state index in [1.807, 2.05) is 13.8 Å². The number of Topliss-reactive ketones (excluding diaryl/α,β-unsaturated/α-hetero) is 1. The van der Waals surface area contributed by atoms with E-state index in [0.29, 0.717) is 18.4 Å². The van der Waals surface area contributed by atoms with Gasteiger partial charge in [-0.25, -0.2) is 4.79 Å². The van der Waals surface area contributed by atoms with Crippen molar-refractivity contribution in [3.05, 3.63) is 5.57 Å². The fourth-order valence-electron chi connectivity index (χ4n) is 1.27. The van der Waals surface area contributed by atoms with Gasteiger partial charge in [0.2, 0.25) is 0 Å². The van der Waals surface area contributed by atoms with Crippen molar-refractivity contribution in [3.8, 4) is 0 Å². The van der Waals surface area contributed by atoms with Gasteiger partial charge in [0.1, 0.15) is 5.94 Å². The predicted molar refractivity (Wildman–Crippen MR) is 37.2 cm³/mol. The molecule has 0 aromatic heterocycles.